The van der Waals surface area contributed by atoms with Crippen LogP contribution < -0.4 is 5.73 Å². The topological polar surface area (TPSA) is 102 Å². The van der Waals surface area contributed by atoms with Crippen LogP contribution in [-0.4, -0.2) is 10.8 Å². The zero-order valence-corrected chi connectivity index (χ0v) is 17.4. The summed E-state index contributed by atoms with van der Waals surface area (Å²) in [5, 5.41) is 10.5. The summed E-state index contributed by atoms with van der Waals surface area (Å²) in [5.74, 6) is 0.960. The Bertz CT molecular complexity index is 1270. The summed E-state index contributed by atoms with van der Waals surface area (Å²) in [7, 11) is 0. The SMILES string of the molecule is CC1(C)CC(=O)C2=C(C1)OC(N)=C(C#N)C2c1ccc(-c2nc3ccccc3s2)o1. The van der Waals surface area contributed by atoms with Gasteiger partial charge in [0.05, 0.1) is 16.1 Å². The Morgan fingerprint density at radius 2 is 2.03 bits per heavy atom. The minimum absolute atomic E-state index is 0.0321. The van der Waals surface area contributed by atoms with Gasteiger partial charge in [0.1, 0.15) is 23.2 Å². The van der Waals surface area contributed by atoms with E-state index in [1.54, 1.807) is 6.07 Å². The number of ketones is 1. The number of fused-ring (bicyclic) bond motifs is 1. The first-order valence-corrected chi connectivity index (χ1v) is 10.5. The number of ether oxygens (including phenoxy) is 1. The largest absolute Gasteiger partial charge is 0.458 e. The summed E-state index contributed by atoms with van der Waals surface area (Å²) in [6.45, 7) is 4.04. The van der Waals surface area contributed by atoms with Crippen molar-refractivity contribution >= 4 is 27.3 Å². The molecular formula is C23H19N3O3S. The summed E-state index contributed by atoms with van der Waals surface area (Å²) in [4.78, 5) is 17.7. The third kappa shape index (κ3) is 2.92. The molecule has 1 atom stereocenters. The molecule has 2 aromatic heterocycles. The van der Waals surface area contributed by atoms with Crippen molar-refractivity contribution in [2.45, 2.75) is 32.6 Å². The number of nitriles is 1. The van der Waals surface area contributed by atoms with Gasteiger partial charge in [-0.15, -0.1) is 11.3 Å². The molecule has 0 amide bonds. The number of aromatic nitrogens is 1. The number of carbonyl (C=O) groups excluding carboxylic acids is 1. The van der Waals surface area contributed by atoms with Gasteiger partial charge in [-0.3, -0.25) is 4.79 Å². The van der Waals surface area contributed by atoms with Crippen LogP contribution in [0.1, 0.15) is 38.4 Å². The second kappa shape index (κ2) is 6.57. The van der Waals surface area contributed by atoms with Crippen LogP contribution >= 0.6 is 11.3 Å². The maximum atomic E-state index is 13.0. The van der Waals surface area contributed by atoms with Gasteiger partial charge >= 0.3 is 0 Å². The average molecular weight is 417 g/mol. The van der Waals surface area contributed by atoms with Crippen LogP contribution in [0.3, 0.4) is 0 Å². The van der Waals surface area contributed by atoms with Crippen LogP contribution in [0.5, 0.6) is 0 Å². The lowest BCUT2D eigenvalue weighted by atomic mass is 9.71. The molecule has 0 saturated heterocycles. The van der Waals surface area contributed by atoms with Crippen LogP contribution in [0.15, 0.2) is 63.6 Å². The molecular weight excluding hydrogens is 398 g/mol. The molecule has 0 saturated carbocycles. The van der Waals surface area contributed by atoms with E-state index in [2.05, 4.69) is 11.1 Å². The normalized spacial score (nSPS) is 20.8. The van der Waals surface area contributed by atoms with Crippen molar-refractivity contribution in [1.29, 1.82) is 5.26 Å². The fourth-order valence-corrected chi connectivity index (χ4v) is 5.10. The summed E-state index contributed by atoms with van der Waals surface area (Å²) >= 11 is 1.53. The van der Waals surface area contributed by atoms with Crippen LogP contribution in [0.4, 0.5) is 0 Å². The molecule has 2 aliphatic rings. The number of Topliss-reactive ketones (excluding diaryl/α,β-unsaturated/α-hetero) is 1. The number of furan rings is 1. The molecule has 150 valence electrons. The van der Waals surface area contributed by atoms with Gasteiger partial charge < -0.3 is 14.9 Å². The van der Waals surface area contributed by atoms with Crippen molar-refractivity contribution in [3.63, 3.8) is 0 Å². The summed E-state index contributed by atoms with van der Waals surface area (Å²) in [6.07, 6.45) is 0.963. The number of nitrogens with two attached hydrogens (primary N) is 1. The van der Waals surface area contributed by atoms with Crippen molar-refractivity contribution in [1.82, 2.24) is 4.98 Å². The lowest BCUT2D eigenvalue weighted by Crippen LogP contribution is -2.33. The molecule has 3 heterocycles. The summed E-state index contributed by atoms with van der Waals surface area (Å²) < 4.78 is 12.9. The van der Waals surface area contributed by atoms with Crippen molar-refractivity contribution in [2.75, 3.05) is 0 Å². The highest BCUT2D eigenvalue weighted by Gasteiger charge is 2.44. The lowest BCUT2D eigenvalue weighted by Gasteiger charge is -2.36. The van der Waals surface area contributed by atoms with Crippen LogP contribution in [-0.2, 0) is 9.53 Å². The first-order chi connectivity index (χ1) is 14.4. The number of carbonyl (C=O) groups is 1. The third-order valence-electron chi connectivity index (χ3n) is 5.49. The molecule has 0 radical (unpaired) electrons. The van der Waals surface area contributed by atoms with Crippen molar-refractivity contribution in [3.05, 3.63) is 64.9 Å². The Hall–Kier alpha value is -3.37. The Labute approximate surface area is 177 Å². The van der Waals surface area contributed by atoms with Gasteiger partial charge in [-0.2, -0.15) is 5.26 Å². The molecule has 7 heteroatoms. The fraction of sp³-hybridized carbons (Fsp3) is 0.261. The van der Waals surface area contributed by atoms with Gasteiger partial charge in [-0.05, 0) is 29.7 Å². The van der Waals surface area contributed by atoms with Crippen molar-refractivity contribution < 1.29 is 13.9 Å². The second-order valence-electron chi connectivity index (χ2n) is 8.39. The third-order valence-corrected chi connectivity index (χ3v) is 6.54. The van der Waals surface area contributed by atoms with E-state index in [4.69, 9.17) is 14.9 Å². The lowest BCUT2D eigenvalue weighted by molar-refractivity contribution is -0.119. The monoisotopic (exact) mass is 417 g/mol. The molecule has 30 heavy (non-hydrogen) atoms. The van der Waals surface area contributed by atoms with Crippen molar-refractivity contribution in [3.8, 4) is 16.8 Å². The van der Waals surface area contributed by atoms with E-state index in [0.29, 0.717) is 35.7 Å². The highest BCUT2D eigenvalue weighted by Crippen LogP contribution is 2.48. The molecule has 0 spiro atoms. The van der Waals surface area contributed by atoms with Crippen LogP contribution in [0.25, 0.3) is 21.0 Å². The highest BCUT2D eigenvalue weighted by molar-refractivity contribution is 7.21. The number of rotatable bonds is 2. The van der Waals surface area contributed by atoms with E-state index >= 15 is 0 Å². The zero-order valence-electron chi connectivity index (χ0n) is 16.6. The number of thiazole rings is 1. The number of hydrogen-bond donors (Lipinski definition) is 1. The van der Waals surface area contributed by atoms with Crippen LogP contribution in [0.2, 0.25) is 0 Å². The fourth-order valence-electron chi connectivity index (χ4n) is 4.17. The number of nitrogens with zero attached hydrogens (tertiary/aromatic N) is 2. The summed E-state index contributed by atoms with van der Waals surface area (Å²) in [6, 6.07) is 13.6. The first-order valence-electron chi connectivity index (χ1n) is 9.66. The minimum atomic E-state index is -0.662. The summed E-state index contributed by atoms with van der Waals surface area (Å²) in [5.41, 5.74) is 7.42. The number of para-hydroxylation sites is 1. The van der Waals surface area contributed by atoms with E-state index < -0.39 is 5.92 Å². The van der Waals surface area contributed by atoms with Crippen molar-refractivity contribution in [2.24, 2.45) is 11.1 Å². The van der Waals surface area contributed by atoms with Gasteiger partial charge in [0.15, 0.2) is 16.6 Å². The van der Waals surface area contributed by atoms with Gasteiger partial charge in [-0.1, -0.05) is 26.0 Å². The average Bonchev–Trinajstić information content (AvgIpc) is 3.32. The van der Waals surface area contributed by atoms with E-state index in [-0.39, 0.29) is 22.7 Å². The quantitative estimate of drug-likeness (QED) is 0.629. The Kier molecular flexibility index (Phi) is 4.09. The number of benzene rings is 1. The van der Waals surface area contributed by atoms with E-state index in [1.165, 1.54) is 11.3 Å². The molecule has 2 N–H and O–H groups in total. The second-order valence-corrected chi connectivity index (χ2v) is 9.42. The highest BCUT2D eigenvalue weighted by atomic mass is 32.1. The molecule has 1 aromatic carbocycles. The maximum Gasteiger partial charge on any atom is 0.205 e. The molecule has 1 unspecified atom stereocenters. The molecule has 0 bridgehead atoms. The smallest absolute Gasteiger partial charge is 0.205 e. The van der Waals surface area contributed by atoms with E-state index in [1.807, 2.05) is 44.2 Å². The van der Waals surface area contributed by atoms with Gasteiger partial charge in [0, 0.05) is 18.4 Å². The predicted molar refractivity (Wildman–Crippen MR) is 113 cm³/mol. The molecule has 6 nitrogen and oxygen atoms in total. The molecule has 3 aromatic rings. The van der Waals surface area contributed by atoms with Gasteiger partial charge in [-0.25, -0.2) is 4.98 Å². The maximum absolute atomic E-state index is 13.0. The number of hydrogen-bond acceptors (Lipinski definition) is 7. The zero-order chi connectivity index (χ0) is 21.0. The van der Waals surface area contributed by atoms with Gasteiger partial charge in [0.2, 0.25) is 5.88 Å². The molecule has 1 aliphatic carbocycles. The Morgan fingerprint density at radius 3 is 2.80 bits per heavy atom. The number of allylic oxidation sites excluding steroid dienone is 3. The van der Waals surface area contributed by atoms with Gasteiger partial charge in [0.25, 0.3) is 0 Å². The van der Waals surface area contributed by atoms with E-state index in [0.717, 1.165) is 15.2 Å². The van der Waals surface area contributed by atoms with E-state index in [9.17, 15) is 10.1 Å². The standard InChI is InChI=1S/C23H19N3O3S/c1-23(2)9-14(27)20-17(10-23)29-21(25)12(11-24)19(20)15-7-8-16(28-15)22-26-13-5-3-4-6-18(13)30-22/h3-8,19H,9-10,25H2,1-2H3. The predicted octanol–water partition coefficient (Wildman–Crippen LogP) is 5.01. The minimum Gasteiger partial charge on any atom is -0.458 e. The Morgan fingerprint density at radius 1 is 1.23 bits per heavy atom. The van der Waals surface area contributed by atoms with Crippen LogP contribution in [0, 0.1) is 16.7 Å². The first kappa shape index (κ1) is 18.6. The Balaban J connectivity index is 1.61. The molecule has 1 aliphatic heterocycles. The molecule has 5 rings (SSSR count). The molecule has 0 fully saturated rings.